The third-order valence-corrected chi connectivity index (χ3v) is 4.96. The minimum atomic E-state index is -0.132. The van der Waals surface area contributed by atoms with E-state index in [4.69, 9.17) is 11.6 Å². The summed E-state index contributed by atoms with van der Waals surface area (Å²) >= 11 is 7.30. The van der Waals surface area contributed by atoms with Crippen molar-refractivity contribution < 1.29 is 9.59 Å². The van der Waals surface area contributed by atoms with Crippen LogP contribution in [0.1, 0.15) is 35.4 Å². The quantitative estimate of drug-likeness (QED) is 0.932. The summed E-state index contributed by atoms with van der Waals surface area (Å²) < 4.78 is 0. The Bertz CT molecular complexity index is 501. The van der Waals surface area contributed by atoms with Crippen LogP contribution in [0.3, 0.4) is 0 Å². The topological polar surface area (TPSA) is 49.4 Å². The highest BCUT2D eigenvalue weighted by Crippen LogP contribution is 2.27. The fourth-order valence-electron chi connectivity index (χ4n) is 2.62. The SMILES string of the molecule is CN(C)C(=O)[C@@H]1CCC[C@H](NC(=O)c2sccc2Cl)C1. The molecule has 2 rings (SSSR count). The molecule has 6 heteroatoms. The zero-order valence-electron chi connectivity index (χ0n) is 11.7. The van der Waals surface area contributed by atoms with Crippen molar-refractivity contribution in [3.05, 3.63) is 21.3 Å². The number of hydrogen-bond donors (Lipinski definition) is 1. The Morgan fingerprint density at radius 3 is 2.75 bits per heavy atom. The second-order valence-electron chi connectivity index (χ2n) is 5.36. The Kier molecular flexibility index (Phi) is 5.05. The molecule has 0 saturated heterocycles. The molecule has 0 bridgehead atoms. The van der Waals surface area contributed by atoms with Crippen LogP contribution in [0.25, 0.3) is 0 Å². The van der Waals surface area contributed by atoms with Crippen molar-refractivity contribution in [2.45, 2.75) is 31.7 Å². The van der Waals surface area contributed by atoms with Gasteiger partial charge in [0.05, 0.1) is 5.02 Å². The fraction of sp³-hybridized carbons (Fsp3) is 0.571. The Morgan fingerprint density at radius 2 is 2.15 bits per heavy atom. The van der Waals surface area contributed by atoms with Gasteiger partial charge in [0.15, 0.2) is 0 Å². The van der Waals surface area contributed by atoms with Gasteiger partial charge in [-0.2, -0.15) is 0 Å². The van der Waals surface area contributed by atoms with Gasteiger partial charge in [-0.3, -0.25) is 9.59 Å². The predicted octanol–water partition coefficient (Wildman–Crippen LogP) is 2.78. The molecule has 2 atom stereocenters. The lowest BCUT2D eigenvalue weighted by atomic mass is 9.85. The molecule has 1 aliphatic rings. The molecule has 1 saturated carbocycles. The van der Waals surface area contributed by atoms with Gasteiger partial charge in [-0.1, -0.05) is 18.0 Å². The van der Waals surface area contributed by atoms with E-state index in [0.717, 1.165) is 19.3 Å². The van der Waals surface area contributed by atoms with E-state index in [-0.39, 0.29) is 23.8 Å². The average molecular weight is 315 g/mol. The van der Waals surface area contributed by atoms with E-state index in [1.54, 1.807) is 30.4 Å². The Labute approximate surface area is 128 Å². The smallest absolute Gasteiger partial charge is 0.263 e. The molecule has 110 valence electrons. The average Bonchev–Trinajstić information content (AvgIpc) is 2.84. The Morgan fingerprint density at radius 1 is 1.40 bits per heavy atom. The molecule has 0 aliphatic heterocycles. The van der Waals surface area contributed by atoms with Gasteiger partial charge in [0.25, 0.3) is 5.91 Å². The van der Waals surface area contributed by atoms with Crippen molar-refractivity contribution in [3.8, 4) is 0 Å². The Balaban J connectivity index is 1.95. The van der Waals surface area contributed by atoms with E-state index < -0.39 is 0 Å². The van der Waals surface area contributed by atoms with Gasteiger partial charge in [0.2, 0.25) is 5.91 Å². The number of halogens is 1. The summed E-state index contributed by atoms with van der Waals surface area (Å²) in [6, 6.07) is 1.78. The van der Waals surface area contributed by atoms with Gasteiger partial charge >= 0.3 is 0 Å². The highest BCUT2D eigenvalue weighted by Gasteiger charge is 2.29. The largest absolute Gasteiger partial charge is 0.349 e. The highest BCUT2D eigenvalue weighted by molar-refractivity contribution is 7.12. The van der Waals surface area contributed by atoms with Gasteiger partial charge in [0, 0.05) is 26.1 Å². The second-order valence-corrected chi connectivity index (χ2v) is 6.69. The third kappa shape index (κ3) is 3.52. The molecule has 0 radical (unpaired) electrons. The molecular formula is C14H19ClN2O2S. The number of nitrogens with one attached hydrogen (secondary N) is 1. The third-order valence-electron chi connectivity index (χ3n) is 3.62. The summed E-state index contributed by atoms with van der Waals surface area (Å²) in [5, 5.41) is 5.29. The number of amides is 2. The molecule has 1 fully saturated rings. The van der Waals surface area contributed by atoms with E-state index in [1.165, 1.54) is 11.3 Å². The first-order valence-electron chi connectivity index (χ1n) is 6.74. The van der Waals surface area contributed by atoms with Gasteiger partial charge in [-0.15, -0.1) is 11.3 Å². The van der Waals surface area contributed by atoms with Crippen molar-refractivity contribution in [2.24, 2.45) is 5.92 Å². The van der Waals surface area contributed by atoms with Crippen molar-refractivity contribution in [1.29, 1.82) is 0 Å². The maximum atomic E-state index is 12.1. The molecule has 2 amide bonds. The van der Waals surface area contributed by atoms with E-state index in [9.17, 15) is 9.59 Å². The maximum Gasteiger partial charge on any atom is 0.263 e. The molecular weight excluding hydrogens is 296 g/mol. The van der Waals surface area contributed by atoms with E-state index >= 15 is 0 Å². The summed E-state index contributed by atoms with van der Waals surface area (Å²) in [6.45, 7) is 0. The van der Waals surface area contributed by atoms with Crippen molar-refractivity contribution in [2.75, 3.05) is 14.1 Å². The minimum absolute atomic E-state index is 0.0165. The molecule has 1 N–H and O–H groups in total. The van der Waals surface area contributed by atoms with Crippen LogP contribution >= 0.6 is 22.9 Å². The van der Waals surface area contributed by atoms with Crippen LogP contribution in [-0.4, -0.2) is 36.9 Å². The van der Waals surface area contributed by atoms with Gasteiger partial charge in [0.1, 0.15) is 4.88 Å². The first kappa shape index (κ1) is 15.3. The van der Waals surface area contributed by atoms with E-state index in [2.05, 4.69) is 5.32 Å². The molecule has 1 aromatic heterocycles. The molecule has 0 aromatic carbocycles. The maximum absolute atomic E-state index is 12.1. The molecule has 4 nitrogen and oxygen atoms in total. The van der Waals surface area contributed by atoms with Crippen LogP contribution in [0.2, 0.25) is 5.02 Å². The van der Waals surface area contributed by atoms with Crippen molar-refractivity contribution in [3.63, 3.8) is 0 Å². The molecule has 20 heavy (non-hydrogen) atoms. The number of rotatable bonds is 3. The van der Waals surface area contributed by atoms with Crippen molar-refractivity contribution >= 4 is 34.8 Å². The van der Waals surface area contributed by atoms with Gasteiger partial charge in [-0.25, -0.2) is 0 Å². The van der Waals surface area contributed by atoms with Gasteiger partial charge < -0.3 is 10.2 Å². The molecule has 1 heterocycles. The fourth-order valence-corrected chi connectivity index (χ4v) is 3.66. The summed E-state index contributed by atoms with van der Waals surface area (Å²) in [7, 11) is 3.55. The summed E-state index contributed by atoms with van der Waals surface area (Å²) in [5.41, 5.74) is 0. The summed E-state index contributed by atoms with van der Waals surface area (Å²) in [4.78, 5) is 26.3. The standard InChI is InChI=1S/C14H19ClN2O2S/c1-17(2)14(19)9-4-3-5-10(8-9)16-13(18)12-11(15)6-7-20-12/h6-7,9-10H,3-5,8H2,1-2H3,(H,16,18)/t9-,10+/m1/s1. The molecule has 1 aromatic rings. The molecule has 0 spiro atoms. The van der Waals surface area contributed by atoms with E-state index in [0.29, 0.717) is 16.3 Å². The highest BCUT2D eigenvalue weighted by atomic mass is 35.5. The first-order valence-corrected chi connectivity index (χ1v) is 8.00. The number of nitrogens with zero attached hydrogens (tertiary/aromatic N) is 1. The van der Waals surface area contributed by atoms with Crippen LogP contribution in [0, 0.1) is 5.92 Å². The Hall–Kier alpha value is -1.07. The second kappa shape index (κ2) is 6.59. The zero-order valence-corrected chi connectivity index (χ0v) is 13.3. The number of thiophene rings is 1. The lowest BCUT2D eigenvalue weighted by Crippen LogP contribution is -2.42. The van der Waals surface area contributed by atoms with Crippen LogP contribution in [-0.2, 0) is 4.79 Å². The monoisotopic (exact) mass is 314 g/mol. The summed E-state index contributed by atoms with van der Waals surface area (Å²) in [5.74, 6) is 0.0360. The lowest BCUT2D eigenvalue weighted by Gasteiger charge is -2.30. The van der Waals surface area contributed by atoms with Crippen LogP contribution in [0.15, 0.2) is 11.4 Å². The summed E-state index contributed by atoms with van der Waals surface area (Å²) in [6.07, 6.45) is 3.51. The van der Waals surface area contributed by atoms with Crippen LogP contribution in [0.4, 0.5) is 0 Å². The molecule has 0 unspecified atom stereocenters. The van der Waals surface area contributed by atoms with Gasteiger partial charge in [-0.05, 0) is 30.7 Å². The normalized spacial score (nSPS) is 22.4. The molecule has 1 aliphatic carbocycles. The zero-order chi connectivity index (χ0) is 14.7. The first-order chi connectivity index (χ1) is 9.49. The lowest BCUT2D eigenvalue weighted by molar-refractivity contribution is -0.134. The van der Waals surface area contributed by atoms with E-state index in [1.807, 2.05) is 0 Å². The number of hydrogen-bond acceptors (Lipinski definition) is 3. The number of carbonyl (C=O) groups excluding carboxylic acids is 2. The number of carbonyl (C=O) groups is 2. The van der Waals surface area contributed by atoms with Crippen molar-refractivity contribution in [1.82, 2.24) is 10.2 Å². The predicted molar refractivity (Wildman–Crippen MR) is 81.2 cm³/mol. The van der Waals surface area contributed by atoms with Crippen LogP contribution < -0.4 is 5.32 Å². The van der Waals surface area contributed by atoms with Crippen LogP contribution in [0.5, 0.6) is 0 Å². The minimum Gasteiger partial charge on any atom is -0.349 e.